The average molecular weight is 564 g/mol. The molecule has 1 rings (SSSR count). The molecule has 2 atom stereocenters. The van der Waals surface area contributed by atoms with Crippen LogP contribution in [0.2, 0.25) is 0 Å². The molecule has 3 amide bonds. The highest BCUT2D eigenvalue weighted by Crippen LogP contribution is 2.28. The number of carbonyl (C=O) groups is 3. The highest BCUT2D eigenvalue weighted by molar-refractivity contribution is 7.98. The van der Waals surface area contributed by atoms with E-state index >= 15 is 0 Å². The molecule has 0 aliphatic heterocycles. The van der Waals surface area contributed by atoms with Crippen LogP contribution in [0.25, 0.3) is 0 Å². The predicted octanol–water partition coefficient (Wildman–Crippen LogP) is 6.71. The van der Waals surface area contributed by atoms with Gasteiger partial charge in [-0.3, -0.25) is 9.59 Å². The van der Waals surface area contributed by atoms with Crippen LogP contribution in [0.15, 0.2) is 18.2 Å². The van der Waals surface area contributed by atoms with Crippen LogP contribution >= 0.6 is 11.8 Å². The first-order valence-electron chi connectivity index (χ1n) is 14.6. The van der Waals surface area contributed by atoms with Crippen molar-refractivity contribution in [3.63, 3.8) is 0 Å². The maximum Gasteiger partial charge on any atom is 0.408 e. The summed E-state index contributed by atoms with van der Waals surface area (Å²) in [5, 5.41) is 5.93. The van der Waals surface area contributed by atoms with Crippen molar-refractivity contribution in [1.29, 1.82) is 0 Å². The molecule has 0 radical (unpaired) electrons. The Kier molecular flexibility index (Phi) is 16.2. The van der Waals surface area contributed by atoms with Gasteiger partial charge >= 0.3 is 6.09 Å². The summed E-state index contributed by atoms with van der Waals surface area (Å²) in [5.74, 6) is 0.262. The second kappa shape index (κ2) is 18.2. The molecular formula is C31H53N3O4S. The fourth-order valence-corrected chi connectivity index (χ4v) is 4.88. The molecular weight excluding hydrogens is 510 g/mol. The molecule has 0 saturated carbocycles. The van der Waals surface area contributed by atoms with Crippen LogP contribution in [0.1, 0.15) is 109 Å². The third kappa shape index (κ3) is 13.1. The van der Waals surface area contributed by atoms with Crippen molar-refractivity contribution in [2.24, 2.45) is 0 Å². The largest absolute Gasteiger partial charge is 0.444 e. The van der Waals surface area contributed by atoms with Crippen LogP contribution in [0, 0.1) is 13.8 Å². The Morgan fingerprint density at radius 2 is 1.67 bits per heavy atom. The minimum atomic E-state index is -0.793. The fourth-order valence-electron chi connectivity index (χ4n) is 4.41. The van der Waals surface area contributed by atoms with Gasteiger partial charge in [0.15, 0.2) is 0 Å². The number of thioether (sulfide) groups is 1. The topological polar surface area (TPSA) is 87.7 Å². The molecule has 2 N–H and O–H groups in total. The van der Waals surface area contributed by atoms with E-state index < -0.39 is 23.8 Å². The van der Waals surface area contributed by atoms with Gasteiger partial charge in [0.2, 0.25) is 11.8 Å². The van der Waals surface area contributed by atoms with E-state index in [0.29, 0.717) is 25.3 Å². The molecule has 0 bridgehead atoms. The minimum absolute atomic E-state index is 0.176. The number of benzene rings is 1. The molecule has 0 aliphatic rings. The van der Waals surface area contributed by atoms with Crippen molar-refractivity contribution in [2.75, 3.05) is 25.1 Å². The summed E-state index contributed by atoms with van der Waals surface area (Å²) in [6.07, 6.45) is 8.66. The van der Waals surface area contributed by atoms with Crippen molar-refractivity contribution in [1.82, 2.24) is 15.5 Å². The molecule has 0 aliphatic carbocycles. The molecule has 39 heavy (non-hydrogen) atoms. The molecule has 222 valence electrons. The van der Waals surface area contributed by atoms with E-state index in [1.165, 1.54) is 0 Å². The van der Waals surface area contributed by atoms with Gasteiger partial charge in [-0.05, 0) is 77.0 Å². The molecule has 7 nitrogen and oxygen atoms in total. The van der Waals surface area contributed by atoms with Gasteiger partial charge in [-0.25, -0.2) is 4.79 Å². The molecule has 2 unspecified atom stereocenters. The number of alkyl carbamates (subject to hydrolysis) is 1. The number of hydrogen-bond donors (Lipinski definition) is 2. The maximum atomic E-state index is 14.3. The molecule has 0 aromatic heterocycles. The average Bonchev–Trinajstić information content (AvgIpc) is 2.86. The summed E-state index contributed by atoms with van der Waals surface area (Å²) >= 11 is 1.61. The second-order valence-electron chi connectivity index (χ2n) is 11.3. The first-order valence-corrected chi connectivity index (χ1v) is 16.0. The molecule has 0 saturated heterocycles. The normalized spacial score (nSPS) is 12.9. The zero-order valence-electron chi connectivity index (χ0n) is 25.7. The Labute approximate surface area is 241 Å². The van der Waals surface area contributed by atoms with Crippen LogP contribution in [0.4, 0.5) is 4.79 Å². The minimum Gasteiger partial charge on any atom is -0.444 e. The Bertz CT molecular complexity index is 900. The Morgan fingerprint density at radius 1 is 1.00 bits per heavy atom. The smallest absolute Gasteiger partial charge is 0.408 e. The van der Waals surface area contributed by atoms with Gasteiger partial charge in [0.05, 0.1) is 0 Å². The van der Waals surface area contributed by atoms with E-state index in [4.69, 9.17) is 4.74 Å². The Morgan fingerprint density at radius 3 is 2.28 bits per heavy atom. The van der Waals surface area contributed by atoms with Crippen molar-refractivity contribution in [3.05, 3.63) is 34.9 Å². The Hall–Kier alpha value is -2.22. The molecule has 0 heterocycles. The van der Waals surface area contributed by atoms with Gasteiger partial charge in [0.25, 0.3) is 0 Å². The quantitative estimate of drug-likeness (QED) is 0.206. The van der Waals surface area contributed by atoms with Crippen molar-refractivity contribution >= 4 is 29.7 Å². The van der Waals surface area contributed by atoms with E-state index in [9.17, 15) is 14.4 Å². The zero-order valence-corrected chi connectivity index (χ0v) is 26.5. The summed E-state index contributed by atoms with van der Waals surface area (Å²) in [4.78, 5) is 42.5. The molecule has 0 spiro atoms. The number of unbranched alkanes of at least 4 members (excludes halogenated alkanes) is 5. The number of nitrogens with zero attached hydrogens (tertiary/aromatic N) is 1. The summed E-state index contributed by atoms with van der Waals surface area (Å²) in [7, 11) is 0. The number of amides is 3. The predicted molar refractivity (Wildman–Crippen MR) is 163 cm³/mol. The lowest BCUT2D eigenvalue weighted by atomic mass is 9.95. The number of hydrogen-bond acceptors (Lipinski definition) is 5. The lowest BCUT2D eigenvalue weighted by Crippen LogP contribution is -2.53. The van der Waals surface area contributed by atoms with Gasteiger partial charge in [0, 0.05) is 13.1 Å². The summed E-state index contributed by atoms with van der Waals surface area (Å²) in [5.41, 5.74) is 2.13. The molecule has 8 heteroatoms. The zero-order chi connectivity index (χ0) is 29.4. The fraction of sp³-hybridized carbons (Fsp3) is 0.710. The van der Waals surface area contributed by atoms with Gasteiger partial charge < -0.3 is 20.3 Å². The highest BCUT2D eigenvalue weighted by atomic mass is 32.2. The summed E-state index contributed by atoms with van der Waals surface area (Å²) in [6.45, 7) is 14.6. The van der Waals surface area contributed by atoms with Crippen LogP contribution in [0.5, 0.6) is 0 Å². The third-order valence-electron chi connectivity index (χ3n) is 6.50. The lowest BCUT2D eigenvalue weighted by molar-refractivity contribution is -0.142. The highest BCUT2D eigenvalue weighted by Gasteiger charge is 2.36. The van der Waals surface area contributed by atoms with Gasteiger partial charge in [0.1, 0.15) is 17.7 Å². The number of carbonyl (C=O) groups excluding carboxylic acids is 3. The van der Waals surface area contributed by atoms with E-state index in [-0.39, 0.29) is 11.8 Å². The molecule has 1 aromatic carbocycles. The van der Waals surface area contributed by atoms with Gasteiger partial charge in [-0.2, -0.15) is 11.8 Å². The van der Waals surface area contributed by atoms with Crippen molar-refractivity contribution < 1.29 is 19.1 Å². The van der Waals surface area contributed by atoms with Crippen molar-refractivity contribution in [2.45, 2.75) is 118 Å². The van der Waals surface area contributed by atoms with Gasteiger partial charge in [-0.15, -0.1) is 0 Å². The van der Waals surface area contributed by atoms with Crippen LogP contribution < -0.4 is 10.6 Å². The number of nitrogens with one attached hydrogen (secondary N) is 2. The van der Waals surface area contributed by atoms with E-state index in [2.05, 4.69) is 24.5 Å². The van der Waals surface area contributed by atoms with E-state index in [0.717, 1.165) is 61.6 Å². The van der Waals surface area contributed by atoms with Crippen LogP contribution in [0.3, 0.4) is 0 Å². The monoisotopic (exact) mass is 563 g/mol. The summed E-state index contributed by atoms with van der Waals surface area (Å²) in [6, 6.07) is 4.47. The lowest BCUT2D eigenvalue weighted by Gasteiger charge is -2.35. The number of ether oxygens (including phenoxy) is 1. The van der Waals surface area contributed by atoms with E-state index in [1.807, 2.05) is 38.3 Å². The first-order chi connectivity index (χ1) is 18.4. The van der Waals surface area contributed by atoms with Gasteiger partial charge in [-0.1, -0.05) is 69.7 Å². The molecule has 0 fully saturated rings. The number of rotatable bonds is 17. The first kappa shape index (κ1) is 34.8. The SMILES string of the molecule is CCCCCCN(C(=O)C(CCSC)NC(=O)OC(C)(C)C)C(C(=O)NCCCCC)c1cc(C)ccc1C. The second-order valence-corrected chi connectivity index (χ2v) is 12.3. The maximum absolute atomic E-state index is 14.3. The number of aryl methyl sites for hydroxylation is 2. The summed E-state index contributed by atoms with van der Waals surface area (Å²) < 4.78 is 5.49. The van der Waals surface area contributed by atoms with Crippen LogP contribution in [-0.2, 0) is 14.3 Å². The van der Waals surface area contributed by atoms with E-state index in [1.54, 1.807) is 37.4 Å². The molecule has 1 aromatic rings. The van der Waals surface area contributed by atoms with Crippen molar-refractivity contribution in [3.8, 4) is 0 Å². The standard InChI is InChI=1S/C31H53N3O4S/c1-9-11-13-15-20-34(29(36)26(18-21-39-8)33-30(37)38-31(5,6)7)27(28(35)32-19-14-12-10-2)25-22-23(3)16-17-24(25)4/h16-17,22,26-27H,9-15,18-21H2,1-8H3,(H,32,35)(H,33,37). The Balaban J connectivity index is 3.49. The van der Waals surface area contributed by atoms with Crippen LogP contribution in [-0.4, -0.2) is 59.5 Å². The third-order valence-corrected chi connectivity index (χ3v) is 7.15.